The third kappa shape index (κ3) is 4.41. The van der Waals surface area contributed by atoms with E-state index in [2.05, 4.69) is 30.3 Å². The minimum atomic E-state index is 0.201. The van der Waals surface area contributed by atoms with Gasteiger partial charge in [-0.1, -0.05) is 65.8 Å². The van der Waals surface area contributed by atoms with Gasteiger partial charge in [-0.2, -0.15) is 0 Å². The maximum atomic E-state index is 2.36. The van der Waals surface area contributed by atoms with Crippen LogP contribution in [0.1, 0.15) is 32.1 Å². The fourth-order valence-electron chi connectivity index (χ4n) is 2.02. The molecule has 0 amide bonds. The summed E-state index contributed by atoms with van der Waals surface area (Å²) in [5, 5.41) is 1.66. The third-order valence-corrected chi connectivity index (χ3v) is 13.0. The average molecular weight is 270 g/mol. The zero-order valence-electron chi connectivity index (χ0n) is 9.78. The van der Waals surface area contributed by atoms with E-state index in [1.54, 1.807) is 5.30 Å². The van der Waals surface area contributed by atoms with Crippen LogP contribution in [-0.4, -0.2) is 12.3 Å². The van der Waals surface area contributed by atoms with Crippen LogP contribution in [-0.2, 0) is 0 Å². The minimum absolute atomic E-state index is 0.201. The van der Waals surface area contributed by atoms with E-state index in [1.165, 1.54) is 60.7 Å². The van der Waals surface area contributed by atoms with Crippen LogP contribution in [0.25, 0.3) is 0 Å². The summed E-state index contributed by atoms with van der Waals surface area (Å²) in [4.78, 5) is 0. The van der Waals surface area contributed by atoms with Crippen molar-refractivity contribution in [2.24, 2.45) is 0 Å². The van der Waals surface area contributed by atoms with Gasteiger partial charge in [-0.25, -0.2) is 0 Å². The first kappa shape index (κ1) is 13.0. The van der Waals surface area contributed by atoms with Crippen molar-refractivity contribution in [1.29, 1.82) is 0 Å². The lowest BCUT2D eigenvalue weighted by Crippen LogP contribution is -1.99. The van der Waals surface area contributed by atoms with Crippen LogP contribution in [0.15, 0.2) is 30.3 Å². The number of hydrogen-bond acceptors (Lipinski definition) is 0. The SMILES string of the molecule is c1ccc(P2CCCCCCCPP2)cc1. The Morgan fingerprint density at radius 1 is 0.875 bits per heavy atom. The van der Waals surface area contributed by atoms with E-state index in [1.807, 2.05) is 0 Å². The van der Waals surface area contributed by atoms with Gasteiger partial charge in [0.25, 0.3) is 0 Å². The molecule has 0 radical (unpaired) electrons. The molecular weight excluding hydrogens is 249 g/mol. The second-order valence-electron chi connectivity index (χ2n) is 4.29. The van der Waals surface area contributed by atoms with E-state index < -0.39 is 0 Å². The van der Waals surface area contributed by atoms with Gasteiger partial charge in [0.2, 0.25) is 0 Å². The molecule has 0 bridgehead atoms. The van der Waals surface area contributed by atoms with Gasteiger partial charge in [0, 0.05) is 0 Å². The smallest absolute Gasteiger partial charge is 0.0196 e. The Kier molecular flexibility index (Phi) is 6.28. The summed E-state index contributed by atoms with van der Waals surface area (Å²) in [7, 11) is 2.69. The molecule has 0 aliphatic carbocycles. The fraction of sp³-hybridized carbons (Fsp3) is 0.538. The van der Waals surface area contributed by atoms with Crippen molar-refractivity contribution < 1.29 is 0 Å². The van der Waals surface area contributed by atoms with E-state index in [9.17, 15) is 0 Å². The highest BCUT2D eigenvalue weighted by Crippen LogP contribution is 2.65. The summed E-state index contributed by atoms with van der Waals surface area (Å²) < 4.78 is 0. The third-order valence-electron chi connectivity index (χ3n) is 2.97. The zero-order chi connectivity index (χ0) is 11.1. The molecule has 1 aliphatic rings. The summed E-state index contributed by atoms with van der Waals surface area (Å²) >= 11 is 0. The predicted molar refractivity (Wildman–Crippen MR) is 82.4 cm³/mol. The highest BCUT2D eigenvalue weighted by atomic mass is 32.4. The quantitative estimate of drug-likeness (QED) is 0.634. The van der Waals surface area contributed by atoms with Crippen LogP contribution >= 0.6 is 23.8 Å². The minimum Gasteiger partial charge on any atom is -0.0944 e. The molecule has 1 fully saturated rings. The van der Waals surface area contributed by atoms with Gasteiger partial charge in [0.1, 0.15) is 0 Å². The van der Waals surface area contributed by atoms with E-state index in [4.69, 9.17) is 0 Å². The molecule has 3 unspecified atom stereocenters. The molecule has 0 nitrogen and oxygen atoms in total. The Balaban J connectivity index is 1.94. The molecule has 0 spiro atoms. The summed E-state index contributed by atoms with van der Waals surface area (Å²) in [5.74, 6) is 0. The molecule has 1 heterocycles. The summed E-state index contributed by atoms with van der Waals surface area (Å²) in [6.07, 6.45) is 10.4. The number of rotatable bonds is 1. The molecule has 2 rings (SSSR count). The van der Waals surface area contributed by atoms with Crippen LogP contribution in [0.5, 0.6) is 0 Å². The first-order valence-corrected chi connectivity index (χ1v) is 11.9. The highest BCUT2D eigenvalue weighted by Gasteiger charge is 2.11. The topological polar surface area (TPSA) is 0 Å². The van der Waals surface area contributed by atoms with Crippen LogP contribution in [0.3, 0.4) is 0 Å². The predicted octanol–water partition coefficient (Wildman–Crippen LogP) is 4.94. The highest BCUT2D eigenvalue weighted by molar-refractivity contribution is 8.50. The maximum Gasteiger partial charge on any atom is -0.0196 e. The van der Waals surface area contributed by atoms with Gasteiger partial charge < -0.3 is 0 Å². The van der Waals surface area contributed by atoms with Crippen molar-refractivity contribution in [2.45, 2.75) is 32.1 Å². The van der Waals surface area contributed by atoms with Gasteiger partial charge in [-0.05, 0) is 38.1 Å². The lowest BCUT2D eigenvalue weighted by Gasteiger charge is -2.19. The van der Waals surface area contributed by atoms with Crippen LogP contribution < -0.4 is 5.30 Å². The molecular formula is C13H21P3. The van der Waals surface area contributed by atoms with Gasteiger partial charge in [0.15, 0.2) is 0 Å². The molecule has 16 heavy (non-hydrogen) atoms. The first-order valence-electron chi connectivity index (χ1n) is 6.28. The Morgan fingerprint density at radius 2 is 1.62 bits per heavy atom. The Hall–Kier alpha value is 0.510. The Bertz CT molecular complexity index is 276. The molecule has 0 saturated carbocycles. The van der Waals surface area contributed by atoms with E-state index >= 15 is 0 Å². The molecule has 1 aliphatic heterocycles. The molecule has 1 aromatic carbocycles. The van der Waals surface area contributed by atoms with Crippen LogP contribution in [0.4, 0.5) is 0 Å². The van der Waals surface area contributed by atoms with Gasteiger partial charge >= 0.3 is 0 Å². The lowest BCUT2D eigenvalue weighted by atomic mass is 10.2. The van der Waals surface area contributed by atoms with Crippen LogP contribution in [0, 0.1) is 0 Å². The van der Waals surface area contributed by atoms with E-state index in [-0.39, 0.29) is 7.61 Å². The van der Waals surface area contributed by atoms with E-state index in [0.717, 1.165) is 0 Å². The van der Waals surface area contributed by atoms with Crippen molar-refractivity contribution in [3.05, 3.63) is 30.3 Å². The molecule has 1 aromatic rings. The second kappa shape index (κ2) is 7.76. The average Bonchev–Trinajstić information content (AvgIpc) is 2.37. The monoisotopic (exact) mass is 270 g/mol. The fourth-order valence-corrected chi connectivity index (χ4v) is 12.3. The second-order valence-corrected chi connectivity index (χ2v) is 12.6. The van der Waals surface area contributed by atoms with E-state index in [0.29, 0.717) is 0 Å². The van der Waals surface area contributed by atoms with Crippen molar-refractivity contribution in [1.82, 2.24) is 0 Å². The number of hydrogen-bond donors (Lipinski definition) is 0. The molecule has 0 N–H and O–H groups in total. The summed E-state index contributed by atoms with van der Waals surface area (Å²) in [6.45, 7) is 0. The molecule has 1 saturated heterocycles. The zero-order valence-corrected chi connectivity index (χ0v) is 12.7. The maximum absolute atomic E-state index is 2.36. The van der Waals surface area contributed by atoms with Crippen LogP contribution in [0.2, 0.25) is 0 Å². The van der Waals surface area contributed by atoms with Gasteiger partial charge in [0.05, 0.1) is 0 Å². The Labute approximate surface area is 104 Å². The Morgan fingerprint density at radius 3 is 2.50 bits per heavy atom. The molecule has 3 heteroatoms. The lowest BCUT2D eigenvalue weighted by molar-refractivity contribution is 0.661. The summed E-state index contributed by atoms with van der Waals surface area (Å²) in [5.41, 5.74) is 0. The van der Waals surface area contributed by atoms with Crippen molar-refractivity contribution in [2.75, 3.05) is 12.3 Å². The molecule has 88 valence electrons. The standard InChI is InChI=1S/C13H21P3/c1-2-7-11-14-15-16(12-8-3-1)13-9-5-4-6-10-13/h4-6,9-10,14-15H,1-3,7-8,11-12H2. The normalized spacial score (nSPS) is 26.9. The largest absolute Gasteiger partial charge is 0.0944 e. The molecule has 0 aromatic heterocycles. The molecule has 3 atom stereocenters. The van der Waals surface area contributed by atoms with Gasteiger partial charge in [-0.15, -0.1) is 0 Å². The van der Waals surface area contributed by atoms with Crippen molar-refractivity contribution in [3.63, 3.8) is 0 Å². The van der Waals surface area contributed by atoms with Gasteiger partial charge in [-0.3, -0.25) is 0 Å². The first-order chi connectivity index (χ1) is 7.97. The van der Waals surface area contributed by atoms with Crippen molar-refractivity contribution in [3.8, 4) is 0 Å². The van der Waals surface area contributed by atoms with Crippen molar-refractivity contribution >= 4 is 29.1 Å². The summed E-state index contributed by atoms with van der Waals surface area (Å²) in [6, 6.07) is 11.3. The number of benzene rings is 1.